The Labute approximate surface area is 116 Å². The van der Waals surface area contributed by atoms with Crippen LogP contribution < -0.4 is 5.32 Å². The van der Waals surface area contributed by atoms with Crippen molar-refractivity contribution in [2.24, 2.45) is 5.92 Å². The first-order valence-corrected chi connectivity index (χ1v) is 8.95. The van der Waals surface area contributed by atoms with E-state index >= 15 is 0 Å². The molecule has 112 valence electrons. The molecule has 0 spiro atoms. The number of ether oxygens (including phenoxy) is 1. The molecule has 6 heteroatoms. The third-order valence-electron chi connectivity index (χ3n) is 4.24. The molecule has 2 fully saturated rings. The van der Waals surface area contributed by atoms with E-state index in [-0.39, 0.29) is 11.8 Å². The number of nitrogens with zero attached hydrogens (tertiary/aromatic N) is 1. The third-order valence-corrected chi connectivity index (χ3v) is 6.21. The van der Waals surface area contributed by atoms with Gasteiger partial charge in [0.2, 0.25) is 10.0 Å². The van der Waals surface area contributed by atoms with E-state index in [0.717, 1.165) is 32.4 Å². The lowest BCUT2D eigenvalue weighted by atomic mass is 9.91. The number of hydrogen-bond donors (Lipinski definition) is 1. The van der Waals surface area contributed by atoms with E-state index in [4.69, 9.17) is 4.74 Å². The molecule has 0 aromatic rings. The van der Waals surface area contributed by atoms with Crippen molar-refractivity contribution in [2.45, 2.75) is 38.1 Å². The largest absolute Gasteiger partial charge is 0.385 e. The van der Waals surface area contributed by atoms with Crippen molar-refractivity contribution < 1.29 is 13.2 Å². The van der Waals surface area contributed by atoms with Crippen LogP contribution in [0.1, 0.15) is 32.1 Å². The first-order chi connectivity index (χ1) is 9.15. The van der Waals surface area contributed by atoms with Gasteiger partial charge in [0, 0.05) is 26.3 Å². The second-order valence-electron chi connectivity index (χ2n) is 5.59. The zero-order chi connectivity index (χ0) is 13.7. The van der Waals surface area contributed by atoms with E-state index in [0.29, 0.717) is 25.5 Å². The summed E-state index contributed by atoms with van der Waals surface area (Å²) in [5.74, 6) is 0.714. The maximum atomic E-state index is 12.4. The van der Waals surface area contributed by atoms with Crippen molar-refractivity contribution in [2.75, 3.05) is 39.1 Å². The Kier molecular flexibility index (Phi) is 5.62. The van der Waals surface area contributed by atoms with Gasteiger partial charge in [0.25, 0.3) is 0 Å². The average Bonchev–Trinajstić information content (AvgIpc) is 2.90. The van der Waals surface area contributed by atoms with Crippen molar-refractivity contribution in [3.8, 4) is 0 Å². The highest BCUT2D eigenvalue weighted by atomic mass is 32.2. The highest BCUT2D eigenvalue weighted by Crippen LogP contribution is 2.30. The minimum atomic E-state index is -3.11. The SMILES string of the molecule is COCCCS(=O)(=O)N1CCCC1C1CCCNC1. The van der Waals surface area contributed by atoms with Gasteiger partial charge in [-0.2, -0.15) is 4.31 Å². The highest BCUT2D eigenvalue weighted by Gasteiger charge is 2.38. The lowest BCUT2D eigenvalue weighted by molar-refractivity contribution is 0.198. The normalized spacial score (nSPS) is 29.7. The van der Waals surface area contributed by atoms with E-state index in [2.05, 4.69) is 5.32 Å². The van der Waals surface area contributed by atoms with Gasteiger partial charge >= 0.3 is 0 Å². The van der Waals surface area contributed by atoms with Crippen molar-refractivity contribution >= 4 is 10.0 Å². The van der Waals surface area contributed by atoms with Crippen molar-refractivity contribution in [1.29, 1.82) is 0 Å². The molecule has 2 unspecified atom stereocenters. The monoisotopic (exact) mass is 290 g/mol. The zero-order valence-corrected chi connectivity index (χ0v) is 12.6. The molecule has 2 aliphatic rings. The molecule has 0 bridgehead atoms. The van der Waals surface area contributed by atoms with Crippen molar-refractivity contribution in [3.63, 3.8) is 0 Å². The maximum absolute atomic E-state index is 12.4. The van der Waals surface area contributed by atoms with Crippen LogP contribution >= 0.6 is 0 Å². The Hall–Kier alpha value is -0.170. The summed E-state index contributed by atoms with van der Waals surface area (Å²) in [5, 5.41) is 3.39. The first kappa shape index (κ1) is 15.2. The van der Waals surface area contributed by atoms with Crippen LogP contribution in [0.25, 0.3) is 0 Å². The van der Waals surface area contributed by atoms with Crippen LogP contribution in [0.4, 0.5) is 0 Å². The van der Waals surface area contributed by atoms with Gasteiger partial charge in [-0.3, -0.25) is 0 Å². The molecule has 19 heavy (non-hydrogen) atoms. The Morgan fingerprint density at radius 1 is 1.32 bits per heavy atom. The Balaban J connectivity index is 1.96. The summed E-state index contributed by atoms with van der Waals surface area (Å²) < 4.78 is 31.5. The lowest BCUT2D eigenvalue weighted by Gasteiger charge is -2.33. The lowest BCUT2D eigenvalue weighted by Crippen LogP contribution is -2.46. The topological polar surface area (TPSA) is 58.6 Å². The van der Waals surface area contributed by atoms with E-state index in [1.165, 1.54) is 6.42 Å². The minimum Gasteiger partial charge on any atom is -0.385 e. The Morgan fingerprint density at radius 2 is 2.16 bits per heavy atom. The Bertz CT molecular complexity index is 366. The number of rotatable bonds is 6. The van der Waals surface area contributed by atoms with Gasteiger partial charge in [0.05, 0.1) is 5.75 Å². The fourth-order valence-corrected chi connectivity index (χ4v) is 5.11. The number of sulfonamides is 1. The summed E-state index contributed by atoms with van der Waals surface area (Å²) in [7, 11) is -1.50. The van der Waals surface area contributed by atoms with Crippen molar-refractivity contribution in [1.82, 2.24) is 9.62 Å². The molecule has 0 radical (unpaired) electrons. The number of nitrogens with one attached hydrogen (secondary N) is 1. The van der Waals surface area contributed by atoms with Crippen molar-refractivity contribution in [3.05, 3.63) is 0 Å². The standard InChI is InChI=1S/C13H26N2O3S/c1-18-9-4-10-19(16,17)15-8-3-6-13(15)12-5-2-7-14-11-12/h12-14H,2-11H2,1H3. The van der Waals surface area contributed by atoms with Gasteiger partial charge in [-0.25, -0.2) is 8.42 Å². The first-order valence-electron chi connectivity index (χ1n) is 7.34. The van der Waals surface area contributed by atoms with Gasteiger partial charge in [0.15, 0.2) is 0 Å². The molecule has 0 amide bonds. The van der Waals surface area contributed by atoms with Crippen LogP contribution in [0.15, 0.2) is 0 Å². The fraction of sp³-hybridized carbons (Fsp3) is 1.00. The van der Waals surface area contributed by atoms with Crippen LogP contribution in [0.3, 0.4) is 0 Å². The Morgan fingerprint density at radius 3 is 2.84 bits per heavy atom. The zero-order valence-electron chi connectivity index (χ0n) is 11.8. The molecular formula is C13H26N2O3S. The van der Waals surface area contributed by atoms with Crippen LogP contribution in [0.2, 0.25) is 0 Å². The molecular weight excluding hydrogens is 264 g/mol. The van der Waals surface area contributed by atoms with Crippen LogP contribution in [-0.4, -0.2) is 57.9 Å². The molecule has 0 aromatic heterocycles. The summed E-state index contributed by atoms with van der Waals surface area (Å²) in [6.07, 6.45) is 4.94. The van der Waals surface area contributed by atoms with E-state index in [1.54, 1.807) is 11.4 Å². The molecule has 0 aromatic carbocycles. The minimum absolute atomic E-state index is 0.220. The van der Waals surface area contributed by atoms with Gasteiger partial charge in [-0.15, -0.1) is 0 Å². The second kappa shape index (κ2) is 7.02. The molecule has 1 N–H and O–H groups in total. The van der Waals surface area contributed by atoms with Gasteiger partial charge in [-0.05, 0) is 51.1 Å². The predicted octanol–water partition coefficient (Wildman–Crippen LogP) is 0.817. The summed E-state index contributed by atoms with van der Waals surface area (Å²) in [4.78, 5) is 0. The van der Waals surface area contributed by atoms with Gasteiger partial charge < -0.3 is 10.1 Å². The summed E-state index contributed by atoms with van der Waals surface area (Å²) in [6, 6.07) is 0.223. The highest BCUT2D eigenvalue weighted by molar-refractivity contribution is 7.89. The molecule has 2 rings (SSSR count). The molecule has 2 atom stereocenters. The van der Waals surface area contributed by atoms with Gasteiger partial charge in [0.1, 0.15) is 0 Å². The van der Waals surface area contributed by atoms with E-state index in [1.807, 2.05) is 0 Å². The van der Waals surface area contributed by atoms with E-state index in [9.17, 15) is 8.42 Å². The van der Waals surface area contributed by atoms with Gasteiger partial charge in [-0.1, -0.05) is 0 Å². The van der Waals surface area contributed by atoms with Crippen LogP contribution in [0, 0.1) is 5.92 Å². The smallest absolute Gasteiger partial charge is 0.214 e. The quantitative estimate of drug-likeness (QED) is 0.736. The molecule has 2 saturated heterocycles. The molecule has 2 aliphatic heterocycles. The number of methoxy groups -OCH3 is 1. The van der Waals surface area contributed by atoms with Crippen LogP contribution in [0.5, 0.6) is 0 Å². The predicted molar refractivity (Wildman–Crippen MR) is 75.6 cm³/mol. The molecule has 0 saturated carbocycles. The maximum Gasteiger partial charge on any atom is 0.214 e. The summed E-state index contributed by atoms with van der Waals surface area (Å²) >= 11 is 0. The molecule has 5 nitrogen and oxygen atoms in total. The number of hydrogen-bond acceptors (Lipinski definition) is 4. The average molecular weight is 290 g/mol. The third kappa shape index (κ3) is 3.90. The number of piperidine rings is 1. The van der Waals surface area contributed by atoms with Crippen LogP contribution in [-0.2, 0) is 14.8 Å². The summed E-state index contributed by atoms with van der Waals surface area (Å²) in [6.45, 7) is 3.26. The fourth-order valence-electron chi connectivity index (χ4n) is 3.29. The molecule has 0 aliphatic carbocycles. The molecule has 2 heterocycles. The van der Waals surface area contributed by atoms with E-state index < -0.39 is 10.0 Å². The second-order valence-corrected chi connectivity index (χ2v) is 7.63. The summed E-state index contributed by atoms with van der Waals surface area (Å²) in [5.41, 5.74) is 0.